The number of H-pyrrole nitrogens is 1. The second-order valence-electron chi connectivity index (χ2n) is 12.6. The smallest absolute Gasteiger partial charge is 0.166 e. The number of likely N-dealkylation sites (tertiary alicyclic amines) is 1. The molecular formula is C34H34N2O3. The SMILES string of the molecule is O[C@@]12Cc3c([nH]c4ccccc34)C3Oc4c(OCCc5ccccc5)ccc5c4[C@@]31CCN(CC1CC1)[C@@H]2C5. The van der Waals surface area contributed by atoms with E-state index in [0.29, 0.717) is 13.0 Å². The largest absolute Gasteiger partial charge is 0.489 e. The number of rotatable bonds is 6. The van der Waals surface area contributed by atoms with Gasteiger partial charge in [0.05, 0.1) is 23.3 Å². The van der Waals surface area contributed by atoms with Crippen molar-refractivity contribution in [3.8, 4) is 11.5 Å². The Balaban J connectivity index is 1.18. The fourth-order valence-corrected chi connectivity index (χ4v) is 8.60. The molecule has 0 amide bonds. The zero-order valence-electron chi connectivity index (χ0n) is 22.2. The summed E-state index contributed by atoms with van der Waals surface area (Å²) in [6.07, 6.45) is 5.70. The van der Waals surface area contributed by atoms with Crippen LogP contribution in [0.2, 0.25) is 0 Å². The maximum absolute atomic E-state index is 13.1. The van der Waals surface area contributed by atoms with Crippen LogP contribution in [0.1, 0.15) is 53.3 Å². The van der Waals surface area contributed by atoms with E-state index in [1.165, 1.54) is 40.5 Å². The minimum Gasteiger partial charge on any atom is -0.489 e. The van der Waals surface area contributed by atoms with E-state index in [9.17, 15) is 5.11 Å². The Morgan fingerprint density at radius 1 is 1.03 bits per heavy atom. The highest BCUT2D eigenvalue weighted by atomic mass is 16.5. The van der Waals surface area contributed by atoms with E-state index in [0.717, 1.165) is 61.0 Å². The predicted molar refractivity (Wildman–Crippen MR) is 150 cm³/mol. The highest BCUT2D eigenvalue weighted by Gasteiger charge is 2.72. The first-order valence-electron chi connectivity index (χ1n) is 14.7. The molecule has 2 N–H and O–H groups in total. The van der Waals surface area contributed by atoms with Crippen LogP contribution in [0, 0.1) is 5.92 Å². The van der Waals surface area contributed by atoms with Gasteiger partial charge >= 0.3 is 0 Å². The summed E-state index contributed by atoms with van der Waals surface area (Å²) in [4.78, 5) is 6.38. The summed E-state index contributed by atoms with van der Waals surface area (Å²) < 4.78 is 13.5. The molecule has 4 atom stereocenters. The molecule has 9 rings (SSSR count). The van der Waals surface area contributed by atoms with Crippen molar-refractivity contribution in [3.63, 3.8) is 0 Å². The molecule has 5 heteroatoms. The lowest BCUT2D eigenvalue weighted by atomic mass is 9.49. The lowest BCUT2D eigenvalue weighted by Crippen LogP contribution is -2.74. The van der Waals surface area contributed by atoms with Crippen LogP contribution in [0.25, 0.3) is 10.9 Å². The third-order valence-corrected chi connectivity index (χ3v) is 10.5. The number of aromatic nitrogens is 1. The van der Waals surface area contributed by atoms with Crippen LogP contribution in [-0.4, -0.2) is 46.3 Å². The number of ether oxygens (including phenoxy) is 2. The van der Waals surface area contributed by atoms with Gasteiger partial charge in [0.1, 0.15) is 0 Å². The summed E-state index contributed by atoms with van der Waals surface area (Å²) in [7, 11) is 0. The van der Waals surface area contributed by atoms with Gasteiger partial charge in [-0.3, -0.25) is 4.90 Å². The van der Waals surface area contributed by atoms with Crippen molar-refractivity contribution in [1.29, 1.82) is 0 Å². The number of aliphatic hydroxyl groups is 1. The van der Waals surface area contributed by atoms with Crippen molar-refractivity contribution in [2.45, 2.75) is 61.7 Å². The Morgan fingerprint density at radius 2 is 1.87 bits per heavy atom. The minimum atomic E-state index is -0.885. The number of fused-ring (bicyclic) bond motifs is 4. The van der Waals surface area contributed by atoms with Gasteiger partial charge in [-0.05, 0) is 67.0 Å². The van der Waals surface area contributed by atoms with Gasteiger partial charge in [-0.2, -0.15) is 0 Å². The third-order valence-electron chi connectivity index (χ3n) is 10.5. The molecule has 2 fully saturated rings. The summed E-state index contributed by atoms with van der Waals surface area (Å²) in [6, 6.07) is 23.5. The summed E-state index contributed by atoms with van der Waals surface area (Å²) >= 11 is 0. The van der Waals surface area contributed by atoms with E-state index < -0.39 is 11.0 Å². The molecule has 39 heavy (non-hydrogen) atoms. The Morgan fingerprint density at radius 3 is 2.74 bits per heavy atom. The average molecular weight is 519 g/mol. The fourth-order valence-electron chi connectivity index (χ4n) is 8.60. The molecule has 2 bridgehead atoms. The van der Waals surface area contributed by atoms with Crippen LogP contribution < -0.4 is 9.47 Å². The molecule has 198 valence electrons. The quantitative estimate of drug-likeness (QED) is 0.355. The number of nitrogens with one attached hydrogen (secondary N) is 1. The third kappa shape index (κ3) is 2.98. The molecule has 5 nitrogen and oxygen atoms in total. The van der Waals surface area contributed by atoms with E-state index in [1.54, 1.807) is 0 Å². The monoisotopic (exact) mass is 518 g/mol. The van der Waals surface area contributed by atoms with Crippen LogP contribution in [0.5, 0.6) is 11.5 Å². The fraction of sp³-hybridized carbons (Fsp3) is 0.412. The summed E-state index contributed by atoms with van der Waals surface area (Å²) in [5.41, 5.74) is 5.98. The molecule has 3 aromatic carbocycles. The van der Waals surface area contributed by atoms with Gasteiger partial charge in [-0.1, -0.05) is 54.6 Å². The topological polar surface area (TPSA) is 57.7 Å². The van der Waals surface area contributed by atoms with E-state index in [4.69, 9.17) is 9.47 Å². The molecule has 4 aromatic rings. The number of piperidine rings is 1. The van der Waals surface area contributed by atoms with Crippen molar-refractivity contribution in [2.24, 2.45) is 5.92 Å². The summed E-state index contributed by atoms with van der Waals surface area (Å²) in [5, 5.41) is 14.3. The molecule has 1 saturated carbocycles. The number of hydrogen-bond donors (Lipinski definition) is 2. The van der Waals surface area contributed by atoms with Crippen molar-refractivity contribution >= 4 is 10.9 Å². The van der Waals surface area contributed by atoms with Gasteiger partial charge in [0.2, 0.25) is 0 Å². The molecule has 5 aliphatic rings. The summed E-state index contributed by atoms with van der Waals surface area (Å²) in [6.45, 7) is 2.71. The Hall–Kier alpha value is -3.28. The molecule has 1 unspecified atom stereocenters. The van der Waals surface area contributed by atoms with Crippen LogP contribution in [0.3, 0.4) is 0 Å². The lowest BCUT2D eigenvalue weighted by Gasteiger charge is -2.62. The zero-order chi connectivity index (χ0) is 25.8. The van der Waals surface area contributed by atoms with E-state index in [1.807, 2.05) is 6.07 Å². The van der Waals surface area contributed by atoms with Crippen molar-refractivity contribution in [1.82, 2.24) is 9.88 Å². The summed E-state index contributed by atoms with van der Waals surface area (Å²) in [5.74, 6) is 2.47. The number of para-hydroxylation sites is 1. The van der Waals surface area contributed by atoms with Gasteiger partial charge < -0.3 is 19.6 Å². The number of nitrogens with zero attached hydrogens (tertiary/aromatic N) is 1. The minimum absolute atomic E-state index is 0.100. The normalized spacial score (nSPS) is 30.1. The number of aromatic amines is 1. The van der Waals surface area contributed by atoms with Crippen molar-refractivity contribution in [3.05, 3.63) is 94.7 Å². The second kappa shape index (κ2) is 7.89. The second-order valence-corrected chi connectivity index (χ2v) is 12.6. The number of hydrogen-bond acceptors (Lipinski definition) is 4. The van der Waals surface area contributed by atoms with E-state index in [-0.39, 0.29) is 12.1 Å². The van der Waals surface area contributed by atoms with Crippen LogP contribution in [0.4, 0.5) is 0 Å². The van der Waals surface area contributed by atoms with Crippen LogP contribution in [-0.2, 0) is 24.7 Å². The molecule has 3 aliphatic carbocycles. The molecule has 3 heterocycles. The number of benzene rings is 3. The van der Waals surface area contributed by atoms with Gasteiger partial charge in [0.15, 0.2) is 17.6 Å². The van der Waals surface area contributed by atoms with Gasteiger partial charge in [0.25, 0.3) is 0 Å². The van der Waals surface area contributed by atoms with Gasteiger partial charge in [0, 0.05) is 41.9 Å². The highest BCUT2D eigenvalue weighted by Crippen LogP contribution is 2.69. The molecular weight excluding hydrogens is 484 g/mol. The van der Waals surface area contributed by atoms with Gasteiger partial charge in [-0.15, -0.1) is 0 Å². The standard InChI is InChI=1S/C34H34N2O3/c37-34-19-25-24-8-4-5-9-26(24)35-30(25)32-33(34)15-16-36(20-22-10-11-22)28(34)18-23-12-13-27(31(39-32)29(23)33)38-17-14-21-6-2-1-3-7-21/h1-9,12-13,22,28,32,35,37H,10-11,14-20H2/t28-,32?,33+,34-/m1/s1. The maximum atomic E-state index is 13.1. The Bertz CT molecular complexity index is 1610. The molecule has 1 aromatic heterocycles. The zero-order valence-corrected chi connectivity index (χ0v) is 22.2. The molecule has 0 radical (unpaired) electrons. The van der Waals surface area contributed by atoms with Crippen LogP contribution in [0.15, 0.2) is 66.7 Å². The lowest BCUT2D eigenvalue weighted by molar-refractivity contribution is -0.173. The predicted octanol–water partition coefficient (Wildman–Crippen LogP) is 5.49. The first kappa shape index (κ1) is 22.5. The highest BCUT2D eigenvalue weighted by molar-refractivity contribution is 5.86. The molecule has 1 saturated heterocycles. The molecule has 2 aliphatic heterocycles. The first-order chi connectivity index (χ1) is 19.2. The Labute approximate surface area is 228 Å². The Kier molecular flexibility index (Phi) is 4.56. The van der Waals surface area contributed by atoms with Crippen molar-refractivity contribution in [2.75, 3.05) is 19.7 Å². The van der Waals surface area contributed by atoms with Gasteiger partial charge in [-0.25, -0.2) is 0 Å². The maximum Gasteiger partial charge on any atom is 0.166 e. The molecule has 1 spiro atoms. The van der Waals surface area contributed by atoms with Crippen molar-refractivity contribution < 1.29 is 14.6 Å². The van der Waals surface area contributed by atoms with Crippen LogP contribution >= 0.6 is 0 Å². The average Bonchev–Trinajstić information content (AvgIpc) is 3.59. The van der Waals surface area contributed by atoms with E-state index in [2.05, 4.69) is 70.5 Å². The first-order valence-corrected chi connectivity index (χ1v) is 14.7. The van der Waals surface area contributed by atoms with E-state index >= 15 is 0 Å².